The summed E-state index contributed by atoms with van der Waals surface area (Å²) in [5.41, 5.74) is 1.97. The van der Waals surface area contributed by atoms with Crippen LogP contribution >= 0.6 is 0 Å². The van der Waals surface area contributed by atoms with Crippen LogP contribution < -0.4 is 0 Å². The van der Waals surface area contributed by atoms with Gasteiger partial charge >= 0.3 is 5.97 Å². The van der Waals surface area contributed by atoms with Crippen molar-refractivity contribution in [3.8, 4) is 0 Å². The van der Waals surface area contributed by atoms with Gasteiger partial charge in [0.1, 0.15) is 0 Å². The Hall–Kier alpha value is -1.88. The molecular formula is C17H21NO4. The Morgan fingerprint density at radius 1 is 1.27 bits per heavy atom. The Bertz CT molecular complexity index is 625. The molecule has 2 heterocycles. The van der Waals surface area contributed by atoms with E-state index in [0.717, 1.165) is 11.1 Å². The lowest BCUT2D eigenvalue weighted by Crippen LogP contribution is -2.40. The molecule has 1 saturated heterocycles. The van der Waals surface area contributed by atoms with Crippen LogP contribution in [0.5, 0.6) is 0 Å². The monoisotopic (exact) mass is 303 g/mol. The Morgan fingerprint density at radius 3 is 2.64 bits per heavy atom. The quantitative estimate of drug-likeness (QED) is 0.930. The molecule has 0 saturated carbocycles. The van der Waals surface area contributed by atoms with E-state index in [1.54, 1.807) is 4.90 Å². The molecular weight excluding hydrogens is 282 g/mol. The van der Waals surface area contributed by atoms with Crippen LogP contribution in [0.2, 0.25) is 0 Å². The highest BCUT2D eigenvalue weighted by molar-refractivity contribution is 5.95. The number of rotatable bonds is 3. The van der Waals surface area contributed by atoms with Crippen LogP contribution in [0.4, 0.5) is 0 Å². The summed E-state index contributed by atoms with van der Waals surface area (Å²) in [4.78, 5) is 26.0. The van der Waals surface area contributed by atoms with Crippen LogP contribution in [-0.2, 0) is 22.7 Å². The number of aliphatic carboxylic acids is 1. The zero-order valence-electron chi connectivity index (χ0n) is 13.0. The van der Waals surface area contributed by atoms with Crippen molar-refractivity contribution >= 4 is 11.9 Å². The molecule has 1 amide bonds. The fourth-order valence-electron chi connectivity index (χ4n) is 3.39. The number of nitrogens with zero attached hydrogens (tertiary/aromatic N) is 1. The van der Waals surface area contributed by atoms with Gasteiger partial charge in [-0.3, -0.25) is 9.59 Å². The van der Waals surface area contributed by atoms with Crippen molar-refractivity contribution in [2.75, 3.05) is 13.1 Å². The lowest BCUT2D eigenvalue weighted by atomic mass is 9.76. The zero-order valence-corrected chi connectivity index (χ0v) is 13.0. The maximum Gasteiger partial charge on any atom is 0.311 e. The number of benzene rings is 1. The van der Waals surface area contributed by atoms with E-state index in [9.17, 15) is 14.7 Å². The number of hydrogen-bond donors (Lipinski definition) is 1. The number of carbonyl (C=O) groups excluding carboxylic acids is 1. The first-order valence-electron chi connectivity index (χ1n) is 7.66. The molecule has 1 aromatic carbocycles. The Labute approximate surface area is 129 Å². The molecule has 0 radical (unpaired) electrons. The van der Waals surface area contributed by atoms with Crippen molar-refractivity contribution in [2.45, 2.75) is 33.5 Å². The van der Waals surface area contributed by atoms with Gasteiger partial charge < -0.3 is 14.7 Å². The summed E-state index contributed by atoms with van der Waals surface area (Å²) in [6.45, 7) is 5.75. The summed E-state index contributed by atoms with van der Waals surface area (Å²) in [5, 5.41) is 9.58. The molecule has 0 spiro atoms. The highest BCUT2D eigenvalue weighted by atomic mass is 16.5. The standard InChI is InChI=1S/C17H21NO4/c1-11(2)17(16(20)21)5-6-18(10-17)15(19)12-3-4-13-8-22-9-14(13)7-12/h3-4,7,11H,5-6,8-10H2,1-2H3,(H,20,21). The highest BCUT2D eigenvalue weighted by Gasteiger charge is 2.48. The third kappa shape index (κ3) is 2.29. The molecule has 2 aliphatic rings. The molecule has 1 atom stereocenters. The normalized spacial score (nSPS) is 23.9. The van der Waals surface area contributed by atoms with Crippen molar-refractivity contribution < 1.29 is 19.4 Å². The first kappa shape index (κ1) is 15.0. The average molecular weight is 303 g/mol. The fraction of sp³-hybridized carbons (Fsp3) is 0.529. The molecule has 1 N–H and O–H groups in total. The lowest BCUT2D eigenvalue weighted by Gasteiger charge is -2.28. The topological polar surface area (TPSA) is 66.8 Å². The minimum atomic E-state index is -0.824. The van der Waals surface area contributed by atoms with Crippen LogP contribution in [0, 0.1) is 11.3 Å². The van der Waals surface area contributed by atoms with Gasteiger partial charge in [0.15, 0.2) is 0 Å². The Kier molecular flexibility index (Phi) is 3.68. The van der Waals surface area contributed by atoms with E-state index in [1.807, 2.05) is 32.0 Å². The second-order valence-electron chi connectivity index (χ2n) is 6.57. The second kappa shape index (κ2) is 5.39. The first-order valence-corrected chi connectivity index (χ1v) is 7.66. The summed E-state index contributed by atoms with van der Waals surface area (Å²) in [6, 6.07) is 5.62. The van der Waals surface area contributed by atoms with Gasteiger partial charge in [-0.2, -0.15) is 0 Å². The molecule has 118 valence electrons. The maximum atomic E-state index is 12.7. The van der Waals surface area contributed by atoms with Gasteiger partial charge in [-0.05, 0) is 35.6 Å². The minimum Gasteiger partial charge on any atom is -0.481 e. The molecule has 1 aromatic rings. The molecule has 0 aliphatic carbocycles. The van der Waals surface area contributed by atoms with E-state index in [1.165, 1.54) is 0 Å². The van der Waals surface area contributed by atoms with Crippen molar-refractivity contribution in [1.82, 2.24) is 4.90 Å². The smallest absolute Gasteiger partial charge is 0.311 e. The third-order valence-electron chi connectivity index (χ3n) is 5.09. The number of ether oxygens (including phenoxy) is 1. The average Bonchev–Trinajstić information content (AvgIpc) is 3.13. The number of carboxylic acid groups (broad SMARTS) is 1. The van der Waals surface area contributed by atoms with Crippen LogP contribution in [0.15, 0.2) is 18.2 Å². The summed E-state index contributed by atoms with van der Waals surface area (Å²) >= 11 is 0. The molecule has 0 bridgehead atoms. The number of likely N-dealkylation sites (tertiary alicyclic amines) is 1. The third-order valence-corrected chi connectivity index (χ3v) is 5.09. The predicted octanol–water partition coefficient (Wildman–Crippen LogP) is 2.29. The summed E-state index contributed by atoms with van der Waals surface area (Å²) in [7, 11) is 0. The SMILES string of the molecule is CC(C)C1(C(=O)O)CCN(C(=O)c2ccc3c(c2)COC3)C1. The lowest BCUT2D eigenvalue weighted by molar-refractivity contribution is -0.150. The van der Waals surface area contributed by atoms with E-state index in [0.29, 0.717) is 31.7 Å². The molecule has 0 aromatic heterocycles. The van der Waals surface area contributed by atoms with Gasteiger partial charge in [0.25, 0.3) is 5.91 Å². The van der Waals surface area contributed by atoms with Crippen LogP contribution in [0.3, 0.4) is 0 Å². The van der Waals surface area contributed by atoms with Crippen LogP contribution in [0.25, 0.3) is 0 Å². The van der Waals surface area contributed by atoms with E-state index in [2.05, 4.69) is 0 Å². The molecule has 2 aliphatic heterocycles. The van der Waals surface area contributed by atoms with E-state index < -0.39 is 11.4 Å². The Balaban J connectivity index is 1.81. The molecule has 22 heavy (non-hydrogen) atoms. The Morgan fingerprint density at radius 2 is 2.00 bits per heavy atom. The van der Waals surface area contributed by atoms with Gasteiger partial charge in [-0.25, -0.2) is 0 Å². The van der Waals surface area contributed by atoms with E-state index in [4.69, 9.17) is 4.74 Å². The molecule has 5 nitrogen and oxygen atoms in total. The van der Waals surface area contributed by atoms with Gasteiger partial charge in [0, 0.05) is 18.7 Å². The van der Waals surface area contributed by atoms with Gasteiger partial charge in [0.2, 0.25) is 0 Å². The van der Waals surface area contributed by atoms with E-state index >= 15 is 0 Å². The number of fused-ring (bicyclic) bond motifs is 1. The van der Waals surface area contributed by atoms with E-state index in [-0.39, 0.29) is 18.4 Å². The zero-order chi connectivity index (χ0) is 15.9. The van der Waals surface area contributed by atoms with Crippen LogP contribution in [0.1, 0.15) is 41.8 Å². The van der Waals surface area contributed by atoms with Crippen LogP contribution in [-0.4, -0.2) is 35.0 Å². The van der Waals surface area contributed by atoms with Crippen molar-refractivity contribution in [2.24, 2.45) is 11.3 Å². The summed E-state index contributed by atoms with van der Waals surface area (Å²) < 4.78 is 5.37. The number of amides is 1. The van der Waals surface area contributed by atoms with Crippen molar-refractivity contribution in [3.05, 3.63) is 34.9 Å². The minimum absolute atomic E-state index is 0.00350. The molecule has 3 rings (SSSR count). The molecule has 1 fully saturated rings. The van der Waals surface area contributed by atoms with Gasteiger partial charge in [-0.15, -0.1) is 0 Å². The highest BCUT2D eigenvalue weighted by Crippen LogP contribution is 2.38. The summed E-state index contributed by atoms with van der Waals surface area (Å²) in [5.74, 6) is -0.894. The second-order valence-corrected chi connectivity index (χ2v) is 6.57. The fourth-order valence-corrected chi connectivity index (χ4v) is 3.39. The first-order chi connectivity index (χ1) is 10.4. The molecule has 5 heteroatoms. The number of carbonyl (C=O) groups is 2. The van der Waals surface area contributed by atoms with Gasteiger partial charge in [0.05, 0.1) is 18.6 Å². The number of hydrogen-bond acceptors (Lipinski definition) is 3. The van der Waals surface area contributed by atoms with Gasteiger partial charge in [-0.1, -0.05) is 19.9 Å². The molecule has 1 unspecified atom stereocenters. The van der Waals surface area contributed by atoms with Crippen molar-refractivity contribution in [3.63, 3.8) is 0 Å². The largest absolute Gasteiger partial charge is 0.481 e. The number of carboxylic acids is 1. The predicted molar refractivity (Wildman–Crippen MR) is 80.4 cm³/mol. The summed E-state index contributed by atoms with van der Waals surface area (Å²) in [6.07, 6.45) is 0.514. The maximum absolute atomic E-state index is 12.7. The van der Waals surface area contributed by atoms with Crippen molar-refractivity contribution in [1.29, 1.82) is 0 Å².